The number of amides is 1. The van der Waals surface area contributed by atoms with Crippen molar-refractivity contribution >= 4 is 49.7 Å². The molecule has 0 saturated heterocycles. The lowest BCUT2D eigenvalue weighted by atomic mass is 10.1. The van der Waals surface area contributed by atoms with E-state index in [9.17, 15) is 9.59 Å². The smallest absolute Gasteiger partial charge is 0.267 e. The monoisotopic (exact) mass is 539 g/mol. The Morgan fingerprint density at radius 3 is 2.35 bits per heavy atom. The topological polar surface area (TPSA) is 110 Å². The summed E-state index contributed by atoms with van der Waals surface area (Å²) in [6.45, 7) is -0.237. The van der Waals surface area contributed by atoms with Crippen molar-refractivity contribution in [3.63, 3.8) is 0 Å². The minimum atomic E-state index is -0.370. The zero-order chi connectivity index (χ0) is 28.0. The molecule has 0 radical (unpaired) electrons. The summed E-state index contributed by atoms with van der Waals surface area (Å²) in [5.41, 5.74) is 2.27. The molecule has 1 amide bonds. The average Bonchev–Trinajstić information content (AvgIpc) is 3.32. The predicted octanol–water partition coefficient (Wildman–Crippen LogP) is 4.64. The number of carbonyl (C=O) groups excluding carboxylic acids is 1. The number of pyridine rings is 2. The van der Waals surface area contributed by atoms with E-state index in [1.54, 1.807) is 54.1 Å². The Kier molecular flexibility index (Phi) is 6.14. The molecule has 0 unspecified atom stereocenters. The number of nitrogens with zero attached hydrogens (tertiary/aromatic N) is 2. The second-order valence-electron chi connectivity index (χ2n) is 9.00. The molecule has 0 fully saturated rings. The molecule has 6 rings (SSSR count). The minimum absolute atomic E-state index is 0.237. The van der Waals surface area contributed by atoms with Gasteiger partial charge in [0.1, 0.15) is 17.2 Å². The molecular weight excluding hydrogens is 514 g/mol. The van der Waals surface area contributed by atoms with Crippen molar-refractivity contribution in [2.75, 3.05) is 40.4 Å². The third-order valence-electron chi connectivity index (χ3n) is 6.92. The first-order valence-electron chi connectivity index (χ1n) is 12.4. The molecular formula is C30H25N3O7. The number of methoxy groups -OCH3 is 4. The highest BCUT2D eigenvalue weighted by molar-refractivity contribution is 6.19. The van der Waals surface area contributed by atoms with Crippen LogP contribution < -0.4 is 34.6 Å². The summed E-state index contributed by atoms with van der Waals surface area (Å²) < 4.78 is 29.1. The molecule has 0 aliphatic heterocycles. The number of carbonyl (C=O) groups is 1. The molecule has 1 N–H and O–H groups in total. The van der Waals surface area contributed by atoms with Crippen molar-refractivity contribution in [1.82, 2.24) is 9.38 Å². The van der Waals surface area contributed by atoms with E-state index in [1.165, 1.54) is 21.3 Å². The Labute approximate surface area is 227 Å². The average molecular weight is 540 g/mol. The van der Waals surface area contributed by atoms with Gasteiger partial charge in [-0.1, -0.05) is 0 Å². The molecule has 0 spiro atoms. The first-order chi connectivity index (χ1) is 19.5. The first-order valence-corrected chi connectivity index (χ1v) is 12.4. The number of aromatic nitrogens is 2. The molecule has 10 heteroatoms. The van der Waals surface area contributed by atoms with Crippen LogP contribution in [0.4, 0.5) is 5.69 Å². The highest BCUT2D eigenvalue weighted by atomic mass is 16.5. The third-order valence-corrected chi connectivity index (χ3v) is 6.92. The molecule has 3 aromatic carbocycles. The lowest BCUT2D eigenvalue weighted by Gasteiger charge is -2.12. The summed E-state index contributed by atoms with van der Waals surface area (Å²) in [5, 5.41) is 5.47. The van der Waals surface area contributed by atoms with Gasteiger partial charge in [0.05, 0.1) is 56.1 Å². The van der Waals surface area contributed by atoms with Gasteiger partial charge in [-0.25, -0.2) is 0 Å². The molecule has 0 atom stereocenters. The highest BCUT2D eigenvalue weighted by Gasteiger charge is 2.22. The molecule has 202 valence electrons. The maximum absolute atomic E-state index is 13.9. The third kappa shape index (κ3) is 3.84. The quantitative estimate of drug-likeness (QED) is 0.279. The van der Waals surface area contributed by atoms with Crippen LogP contribution >= 0.6 is 0 Å². The predicted molar refractivity (Wildman–Crippen MR) is 152 cm³/mol. The van der Waals surface area contributed by atoms with Gasteiger partial charge in [-0.15, -0.1) is 0 Å². The van der Waals surface area contributed by atoms with Crippen molar-refractivity contribution in [2.24, 2.45) is 0 Å². The van der Waals surface area contributed by atoms with Crippen molar-refractivity contribution < 1.29 is 28.5 Å². The fourth-order valence-corrected chi connectivity index (χ4v) is 5.14. The number of ether oxygens (including phenoxy) is 5. The molecule has 10 nitrogen and oxygen atoms in total. The van der Waals surface area contributed by atoms with Gasteiger partial charge in [-0.05, 0) is 48.5 Å². The van der Waals surface area contributed by atoms with Crippen LogP contribution in [0.1, 0.15) is 0 Å². The largest absolute Gasteiger partial charge is 0.497 e. The standard InChI is InChI=1S/C30H25N3O7/c1-36-16-6-9-23(37-2)21(14-16)32-25(34)15-40-17-5-8-22-20(13-17)18-11-12-31-27-19-7-10-24(38-3)29(39-4)26(19)30(35)33(22)28(18)27/h5-14H,15H2,1-4H3,(H,32,34). The molecule has 0 aliphatic carbocycles. The molecule has 0 bridgehead atoms. The van der Waals surface area contributed by atoms with Gasteiger partial charge in [-0.3, -0.25) is 19.0 Å². The van der Waals surface area contributed by atoms with Crippen LogP contribution in [0, 0.1) is 0 Å². The lowest BCUT2D eigenvalue weighted by molar-refractivity contribution is -0.118. The second kappa shape index (κ2) is 9.81. The Balaban J connectivity index is 1.40. The van der Waals surface area contributed by atoms with Crippen LogP contribution in [0.5, 0.6) is 28.7 Å². The maximum Gasteiger partial charge on any atom is 0.267 e. The van der Waals surface area contributed by atoms with Gasteiger partial charge >= 0.3 is 0 Å². The van der Waals surface area contributed by atoms with Crippen LogP contribution in [0.3, 0.4) is 0 Å². The van der Waals surface area contributed by atoms with Crippen molar-refractivity contribution in [1.29, 1.82) is 0 Å². The summed E-state index contributed by atoms with van der Waals surface area (Å²) in [7, 11) is 6.10. The van der Waals surface area contributed by atoms with Crippen LogP contribution in [0.25, 0.3) is 38.1 Å². The molecule has 3 aromatic heterocycles. The number of fused-ring (bicyclic) bond motifs is 5. The molecule has 40 heavy (non-hydrogen) atoms. The van der Waals surface area contributed by atoms with E-state index < -0.39 is 0 Å². The van der Waals surface area contributed by atoms with Gasteiger partial charge in [-0.2, -0.15) is 0 Å². The van der Waals surface area contributed by atoms with Gasteiger partial charge in [0.15, 0.2) is 18.1 Å². The number of nitrogens with one attached hydrogen (secondary N) is 1. The van der Waals surface area contributed by atoms with Crippen molar-refractivity contribution in [2.45, 2.75) is 0 Å². The molecule has 0 saturated carbocycles. The van der Waals surface area contributed by atoms with Crippen LogP contribution in [-0.2, 0) is 4.79 Å². The van der Waals surface area contributed by atoms with Crippen molar-refractivity contribution in [3.8, 4) is 28.7 Å². The fraction of sp³-hybridized carbons (Fsp3) is 0.167. The number of rotatable bonds is 8. The summed E-state index contributed by atoms with van der Waals surface area (Å²) in [4.78, 5) is 31.2. The van der Waals surface area contributed by atoms with E-state index in [-0.39, 0.29) is 18.1 Å². The number of benzene rings is 3. The Hall–Kier alpha value is -5.25. The summed E-state index contributed by atoms with van der Waals surface area (Å²) in [6.07, 6.45) is 1.71. The zero-order valence-corrected chi connectivity index (χ0v) is 22.2. The van der Waals surface area contributed by atoms with E-state index in [0.717, 1.165) is 10.8 Å². The Bertz CT molecular complexity index is 1980. The van der Waals surface area contributed by atoms with Crippen LogP contribution in [-0.4, -0.2) is 50.3 Å². The molecule has 6 aromatic rings. The molecule has 0 aliphatic rings. The van der Waals surface area contributed by atoms with Gasteiger partial charge in [0.25, 0.3) is 11.5 Å². The number of anilines is 1. The fourth-order valence-electron chi connectivity index (χ4n) is 5.14. The first kappa shape index (κ1) is 25.1. The van der Waals surface area contributed by atoms with Crippen LogP contribution in [0.15, 0.2) is 65.6 Å². The maximum atomic E-state index is 13.9. The van der Waals surface area contributed by atoms with Gasteiger partial charge in [0, 0.05) is 28.4 Å². The van der Waals surface area contributed by atoms with Gasteiger partial charge in [0.2, 0.25) is 0 Å². The number of hydrogen-bond donors (Lipinski definition) is 1. The zero-order valence-electron chi connectivity index (χ0n) is 22.2. The Morgan fingerprint density at radius 1 is 0.825 bits per heavy atom. The lowest BCUT2D eigenvalue weighted by Crippen LogP contribution is -2.20. The van der Waals surface area contributed by atoms with Gasteiger partial charge < -0.3 is 29.0 Å². The van der Waals surface area contributed by atoms with E-state index in [2.05, 4.69) is 10.3 Å². The van der Waals surface area contributed by atoms with E-state index in [1.807, 2.05) is 18.2 Å². The van der Waals surface area contributed by atoms with E-state index in [0.29, 0.717) is 61.8 Å². The summed E-state index contributed by atoms with van der Waals surface area (Å²) >= 11 is 0. The summed E-state index contributed by atoms with van der Waals surface area (Å²) in [5.74, 6) is 2.00. The minimum Gasteiger partial charge on any atom is -0.497 e. The van der Waals surface area contributed by atoms with Crippen LogP contribution in [0.2, 0.25) is 0 Å². The highest BCUT2D eigenvalue weighted by Crippen LogP contribution is 2.39. The molecule has 3 heterocycles. The number of hydrogen-bond acceptors (Lipinski definition) is 8. The van der Waals surface area contributed by atoms with E-state index >= 15 is 0 Å². The normalized spacial score (nSPS) is 11.3. The summed E-state index contributed by atoms with van der Waals surface area (Å²) in [6, 6.07) is 15.9. The van der Waals surface area contributed by atoms with E-state index in [4.69, 9.17) is 23.7 Å². The second-order valence-corrected chi connectivity index (χ2v) is 9.00. The Morgan fingerprint density at radius 2 is 1.60 bits per heavy atom. The SMILES string of the molecule is COc1ccc(OC)c(NC(=O)COc2ccc3c(c2)c2ccnc4c5ccc(OC)c(OC)c5c(=O)n3c24)c1. The van der Waals surface area contributed by atoms with Crippen molar-refractivity contribution in [3.05, 3.63) is 71.1 Å².